The molecule has 0 atom stereocenters. The van der Waals surface area contributed by atoms with E-state index < -0.39 is 21.2 Å². The third-order valence-electron chi connectivity index (χ3n) is 6.01. The maximum atomic E-state index is 12.4. The van der Waals surface area contributed by atoms with Gasteiger partial charge in [0, 0.05) is 18.1 Å². The number of nitrogens with zero attached hydrogens (tertiary/aromatic N) is 3. The predicted molar refractivity (Wildman–Crippen MR) is 141 cm³/mol. The maximum Gasteiger partial charge on any atom is 0.306 e. The fourth-order valence-electron chi connectivity index (χ4n) is 3.69. The van der Waals surface area contributed by atoms with Crippen molar-refractivity contribution in [2.75, 3.05) is 12.0 Å². The molecule has 0 aliphatic carbocycles. The van der Waals surface area contributed by atoms with Gasteiger partial charge in [-0.25, -0.2) is 0 Å². The number of ether oxygens (including phenoxy) is 1. The van der Waals surface area contributed by atoms with E-state index in [0.717, 1.165) is 36.1 Å². The quantitative estimate of drug-likeness (QED) is 0.131. The van der Waals surface area contributed by atoms with Gasteiger partial charge in [-0.3, -0.25) is 30.4 Å². The van der Waals surface area contributed by atoms with Gasteiger partial charge in [-0.1, -0.05) is 81.3 Å². The van der Waals surface area contributed by atoms with Crippen molar-refractivity contribution in [3.05, 3.63) is 98.6 Å². The Kier molecular flexibility index (Phi) is 9.42. The number of nitrogens with one attached hydrogen (secondary N) is 1. The molecule has 0 amide bonds. The molecule has 3 aromatic carbocycles. The first-order valence-electron chi connectivity index (χ1n) is 11.9. The number of nitro groups is 2. The zero-order chi connectivity index (χ0) is 26.8. The Bertz CT molecular complexity index is 1270. The Labute approximate surface area is 214 Å². The van der Waals surface area contributed by atoms with E-state index in [0.29, 0.717) is 11.3 Å². The lowest BCUT2D eigenvalue weighted by molar-refractivity contribution is -0.393. The molecule has 3 aromatic rings. The van der Waals surface area contributed by atoms with Crippen LogP contribution in [0.25, 0.3) is 11.1 Å². The van der Waals surface area contributed by atoms with Crippen LogP contribution in [0.3, 0.4) is 0 Å². The number of esters is 1. The second kappa shape index (κ2) is 12.9. The van der Waals surface area contributed by atoms with E-state index in [4.69, 9.17) is 4.74 Å². The second-order valence-electron chi connectivity index (χ2n) is 8.38. The highest BCUT2D eigenvalue weighted by molar-refractivity contribution is 6.03. The van der Waals surface area contributed by atoms with Crippen LogP contribution < -0.4 is 5.43 Å². The van der Waals surface area contributed by atoms with Gasteiger partial charge in [0.05, 0.1) is 15.9 Å². The van der Waals surface area contributed by atoms with E-state index >= 15 is 0 Å². The number of carbonyl (C=O) groups excluding carboxylic acids is 1. The molecule has 0 unspecified atom stereocenters. The number of hydrazone groups is 1. The summed E-state index contributed by atoms with van der Waals surface area (Å²) in [4.78, 5) is 33.5. The van der Waals surface area contributed by atoms with E-state index in [1.165, 1.54) is 6.07 Å². The summed E-state index contributed by atoms with van der Waals surface area (Å²) in [5.41, 5.74) is 4.68. The summed E-state index contributed by atoms with van der Waals surface area (Å²) in [7, 11) is 0. The zero-order valence-corrected chi connectivity index (χ0v) is 20.6. The minimum atomic E-state index is -0.727. The molecule has 0 saturated carbocycles. The third kappa shape index (κ3) is 7.44. The van der Waals surface area contributed by atoms with Crippen LogP contribution in [0.5, 0.6) is 0 Å². The van der Waals surface area contributed by atoms with Gasteiger partial charge in [-0.2, -0.15) is 5.10 Å². The van der Waals surface area contributed by atoms with Crippen LogP contribution >= 0.6 is 0 Å². The van der Waals surface area contributed by atoms with Crippen molar-refractivity contribution < 1.29 is 19.4 Å². The van der Waals surface area contributed by atoms with Crippen LogP contribution in [0, 0.1) is 26.1 Å². The molecule has 0 bridgehead atoms. The molecule has 0 radical (unpaired) electrons. The van der Waals surface area contributed by atoms with Crippen LogP contribution in [0.2, 0.25) is 0 Å². The van der Waals surface area contributed by atoms with Crippen molar-refractivity contribution in [2.24, 2.45) is 11.0 Å². The molecular formula is C27H28N4O6. The van der Waals surface area contributed by atoms with Crippen molar-refractivity contribution in [3.63, 3.8) is 0 Å². The van der Waals surface area contributed by atoms with Gasteiger partial charge in [0.2, 0.25) is 0 Å². The van der Waals surface area contributed by atoms with Gasteiger partial charge in [-0.15, -0.1) is 0 Å². The highest BCUT2D eigenvalue weighted by Gasteiger charge is 2.20. The highest BCUT2D eigenvalue weighted by atomic mass is 16.6. The van der Waals surface area contributed by atoms with Crippen molar-refractivity contribution in [3.8, 4) is 11.1 Å². The van der Waals surface area contributed by atoms with Gasteiger partial charge in [0.25, 0.3) is 5.69 Å². The van der Waals surface area contributed by atoms with Gasteiger partial charge in [0.1, 0.15) is 18.0 Å². The van der Waals surface area contributed by atoms with Crippen LogP contribution in [0.1, 0.15) is 38.7 Å². The predicted octanol–water partition coefficient (Wildman–Crippen LogP) is 6.36. The van der Waals surface area contributed by atoms with E-state index in [2.05, 4.69) is 10.5 Å². The second-order valence-corrected chi connectivity index (χ2v) is 8.38. The number of non-ortho nitro benzene ring substituents is 1. The van der Waals surface area contributed by atoms with Crippen molar-refractivity contribution >= 4 is 28.7 Å². The normalized spacial score (nSPS) is 11.3. The van der Waals surface area contributed by atoms with Crippen molar-refractivity contribution in [1.29, 1.82) is 0 Å². The standard InChI is InChI=1S/C27H28N4O6/c1-3-19(4-2)16-27(32)37-18-25(22-12-10-21(11-13-22)20-8-6-5-7-9-20)29-28-24-15-14-23(30(33)34)17-26(24)31(35)36/h5-15,17,19,28H,3-4,16,18H2,1-2H3/b29-25-. The molecule has 3 rings (SSSR count). The van der Waals surface area contributed by atoms with Gasteiger partial charge < -0.3 is 4.74 Å². The molecule has 0 fully saturated rings. The molecule has 10 nitrogen and oxygen atoms in total. The molecule has 192 valence electrons. The topological polar surface area (TPSA) is 137 Å². The Morgan fingerprint density at radius 1 is 0.919 bits per heavy atom. The summed E-state index contributed by atoms with van der Waals surface area (Å²) in [6.45, 7) is 3.88. The largest absolute Gasteiger partial charge is 0.459 e. The number of hydrogen-bond donors (Lipinski definition) is 1. The van der Waals surface area contributed by atoms with Crippen LogP contribution in [0.4, 0.5) is 17.1 Å². The summed E-state index contributed by atoms with van der Waals surface area (Å²) in [5.74, 6) is -0.137. The highest BCUT2D eigenvalue weighted by Crippen LogP contribution is 2.29. The number of nitro benzene ring substituents is 2. The average molecular weight is 505 g/mol. The summed E-state index contributed by atoms with van der Waals surface area (Å²) in [6, 6.07) is 20.5. The number of rotatable bonds is 12. The molecule has 0 spiro atoms. The van der Waals surface area contributed by atoms with Crippen molar-refractivity contribution in [1.82, 2.24) is 0 Å². The molecule has 10 heteroatoms. The molecule has 1 N–H and O–H groups in total. The lowest BCUT2D eigenvalue weighted by atomic mass is 10.00. The van der Waals surface area contributed by atoms with Crippen LogP contribution in [0.15, 0.2) is 77.9 Å². The Hall–Kier alpha value is -4.60. The summed E-state index contributed by atoms with van der Waals surface area (Å²) in [5, 5.41) is 26.8. The molecule has 37 heavy (non-hydrogen) atoms. The number of benzene rings is 3. The number of hydrogen-bond acceptors (Lipinski definition) is 8. The molecule has 0 heterocycles. The van der Waals surface area contributed by atoms with Gasteiger partial charge in [0.15, 0.2) is 0 Å². The van der Waals surface area contributed by atoms with Gasteiger partial charge in [-0.05, 0) is 23.1 Å². The molecule has 0 aliphatic heterocycles. The SMILES string of the molecule is CCC(CC)CC(=O)OC/C(=N/Nc1ccc([N+](=O)[O-])cc1[N+](=O)[O-])c1ccc(-c2ccccc2)cc1. The van der Waals surface area contributed by atoms with Crippen molar-refractivity contribution in [2.45, 2.75) is 33.1 Å². The first kappa shape index (κ1) is 27.0. The summed E-state index contributed by atoms with van der Waals surface area (Å²) >= 11 is 0. The lowest BCUT2D eigenvalue weighted by Gasteiger charge is -2.13. The average Bonchev–Trinajstić information content (AvgIpc) is 2.92. The smallest absolute Gasteiger partial charge is 0.306 e. The van der Waals surface area contributed by atoms with Gasteiger partial charge >= 0.3 is 11.7 Å². The minimum Gasteiger partial charge on any atom is -0.459 e. The Balaban J connectivity index is 1.89. The maximum absolute atomic E-state index is 12.4. The Morgan fingerprint density at radius 2 is 1.57 bits per heavy atom. The number of carbonyl (C=O) groups is 1. The number of anilines is 1. The monoisotopic (exact) mass is 504 g/mol. The van der Waals surface area contributed by atoms with Crippen LogP contribution in [-0.2, 0) is 9.53 Å². The molecule has 0 aliphatic rings. The molecule has 0 saturated heterocycles. The van der Waals surface area contributed by atoms with E-state index in [1.54, 1.807) is 0 Å². The summed E-state index contributed by atoms with van der Waals surface area (Å²) < 4.78 is 5.49. The molecular weight excluding hydrogens is 476 g/mol. The van der Waals surface area contributed by atoms with E-state index in [1.807, 2.05) is 68.4 Å². The Morgan fingerprint density at radius 3 is 2.16 bits per heavy atom. The minimum absolute atomic E-state index is 0.0302. The first-order chi connectivity index (χ1) is 17.8. The lowest BCUT2D eigenvalue weighted by Crippen LogP contribution is -2.18. The zero-order valence-electron chi connectivity index (χ0n) is 20.6. The summed E-state index contributed by atoms with van der Waals surface area (Å²) in [6.07, 6.45) is 2.01. The fraction of sp³-hybridized carbons (Fsp3) is 0.259. The third-order valence-corrected chi connectivity index (χ3v) is 6.01. The van der Waals surface area contributed by atoms with E-state index in [-0.39, 0.29) is 30.6 Å². The fourth-order valence-corrected chi connectivity index (χ4v) is 3.69. The first-order valence-corrected chi connectivity index (χ1v) is 11.9. The van der Waals surface area contributed by atoms with E-state index in [9.17, 15) is 25.0 Å². The van der Waals surface area contributed by atoms with Crippen LogP contribution in [-0.4, -0.2) is 28.1 Å². The molecule has 0 aromatic heterocycles.